The number of aryl methyl sites for hydroxylation is 1. The highest BCUT2D eigenvalue weighted by Gasteiger charge is 2.22. The molecule has 0 aliphatic heterocycles. The average molecular weight is 351 g/mol. The van der Waals surface area contributed by atoms with E-state index in [0.29, 0.717) is 5.82 Å². The van der Waals surface area contributed by atoms with E-state index in [1.807, 2.05) is 37.3 Å². The van der Waals surface area contributed by atoms with E-state index >= 15 is 0 Å². The van der Waals surface area contributed by atoms with Gasteiger partial charge in [0.05, 0.1) is 11.4 Å². The number of aromatic nitrogens is 2. The van der Waals surface area contributed by atoms with E-state index in [1.165, 1.54) is 18.2 Å². The van der Waals surface area contributed by atoms with Crippen molar-refractivity contribution < 1.29 is 9.18 Å². The van der Waals surface area contributed by atoms with Gasteiger partial charge in [-0.05, 0) is 36.8 Å². The number of nitrogens with one attached hydrogen (secondary N) is 1. The van der Waals surface area contributed by atoms with Gasteiger partial charge in [-0.3, -0.25) is 4.79 Å². The van der Waals surface area contributed by atoms with Crippen LogP contribution in [0.1, 0.15) is 42.4 Å². The topological polar surface area (TPSA) is 46.9 Å². The van der Waals surface area contributed by atoms with Crippen LogP contribution < -0.4 is 5.32 Å². The van der Waals surface area contributed by atoms with E-state index < -0.39 is 5.82 Å². The summed E-state index contributed by atoms with van der Waals surface area (Å²) < 4.78 is 15.2. The number of halogens is 1. The summed E-state index contributed by atoms with van der Waals surface area (Å²) in [6.45, 7) is 8.19. The molecule has 0 unspecified atom stereocenters. The Labute approximate surface area is 152 Å². The van der Waals surface area contributed by atoms with Gasteiger partial charge < -0.3 is 5.32 Å². The van der Waals surface area contributed by atoms with Crippen LogP contribution in [0.4, 0.5) is 10.2 Å². The van der Waals surface area contributed by atoms with Crippen LogP contribution in [-0.4, -0.2) is 15.7 Å². The van der Waals surface area contributed by atoms with Crippen molar-refractivity contribution in [3.8, 4) is 5.69 Å². The lowest BCUT2D eigenvalue weighted by molar-refractivity contribution is 0.102. The quantitative estimate of drug-likeness (QED) is 0.732. The Kier molecular flexibility index (Phi) is 4.64. The number of anilines is 1. The summed E-state index contributed by atoms with van der Waals surface area (Å²) in [4.78, 5) is 12.6. The minimum Gasteiger partial charge on any atom is -0.306 e. The molecule has 0 bridgehead atoms. The van der Waals surface area contributed by atoms with Gasteiger partial charge in [0, 0.05) is 17.0 Å². The minimum atomic E-state index is -0.444. The molecule has 0 aliphatic carbocycles. The van der Waals surface area contributed by atoms with Crippen molar-refractivity contribution in [1.29, 1.82) is 0 Å². The molecule has 134 valence electrons. The lowest BCUT2D eigenvalue weighted by Gasteiger charge is -2.14. The molecule has 0 aliphatic rings. The molecular weight excluding hydrogens is 329 g/mol. The van der Waals surface area contributed by atoms with Gasteiger partial charge in [-0.1, -0.05) is 45.0 Å². The number of para-hydroxylation sites is 1. The second-order valence-corrected chi connectivity index (χ2v) is 7.33. The maximum Gasteiger partial charge on any atom is 0.256 e. The summed E-state index contributed by atoms with van der Waals surface area (Å²) in [5.41, 5.74) is 2.87. The zero-order valence-corrected chi connectivity index (χ0v) is 15.4. The first-order valence-corrected chi connectivity index (χ1v) is 8.49. The normalized spacial score (nSPS) is 11.4. The first-order valence-electron chi connectivity index (χ1n) is 8.49. The predicted octanol–water partition coefficient (Wildman–Crippen LogP) is 4.87. The molecule has 1 amide bonds. The summed E-state index contributed by atoms with van der Waals surface area (Å²) >= 11 is 0. The van der Waals surface area contributed by atoms with Gasteiger partial charge in [-0.15, -0.1) is 0 Å². The van der Waals surface area contributed by atoms with Crippen molar-refractivity contribution >= 4 is 11.7 Å². The highest BCUT2D eigenvalue weighted by molar-refractivity contribution is 6.04. The molecule has 3 rings (SSSR count). The molecule has 0 radical (unpaired) electrons. The third-order valence-corrected chi connectivity index (χ3v) is 4.15. The average Bonchev–Trinajstić information content (AvgIpc) is 2.99. The van der Waals surface area contributed by atoms with E-state index in [1.54, 1.807) is 10.7 Å². The van der Waals surface area contributed by atoms with E-state index in [0.717, 1.165) is 16.9 Å². The molecule has 2 aromatic carbocycles. The monoisotopic (exact) mass is 351 g/mol. The van der Waals surface area contributed by atoms with Crippen LogP contribution in [0.25, 0.3) is 5.69 Å². The number of benzene rings is 2. The Balaban J connectivity index is 2.04. The van der Waals surface area contributed by atoms with Gasteiger partial charge in [0.25, 0.3) is 5.91 Å². The van der Waals surface area contributed by atoms with Crippen LogP contribution in [0, 0.1) is 12.7 Å². The number of hydrogen-bond donors (Lipinski definition) is 1. The molecule has 3 aromatic rings. The Bertz CT molecular complexity index is 954. The van der Waals surface area contributed by atoms with Gasteiger partial charge in [-0.2, -0.15) is 5.10 Å². The van der Waals surface area contributed by atoms with Gasteiger partial charge in [-0.25, -0.2) is 9.07 Å². The molecule has 0 saturated carbocycles. The third-order valence-electron chi connectivity index (χ3n) is 4.15. The van der Waals surface area contributed by atoms with Gasteiger partial charge in [0.2, 0.25) is 0 Å². The molecule has 1 aromatic heterocycles. The van der Waals surface area contributed by atoms with Crippen LogP contribution in [0.2, 0.25) is 0 Å². The van der Waals surface area contributed by atoms with Crippen LogP contribution in [0.3, 0.4) is 0 Å². The molecule has 26 heavy (non-hydrogen) atoms. The zero-order valence-electron chi connectivity index (χ0n) is 15.4. The fraction of sp³-hybridized carbons (Fsp3) is 0.238. The number of carbonyl (C=O) groups excluding carboxylic acids is 1. The van der Waals surface area contributed by atoms with Crippen molar-refractivity contribution in [2.75, 3.05) is 5.32 Å². The first kappa shape index (κ1) is 17.9. The molecular formula is C21H22FN3O. The summed E-state index contributed by atoms with van der Waals surface area (Å²) in [7, 11) is 0. The Hall–Kier alpha value is -2.95. The molecule has 1 N–H and O–H groups in total. The Morgan fingerprint density at radius 3 is 2.46 bits per heavy atom. The second kappa shape index (κ2) is 6.75. The minimum absolute atomic E-state index is 0.174. The van der Waals surface area contributed by atoms with E-state index in [-0.39, 0.29) is 16.9 Å². The maximum absolute atomic E-state index is 13.4. The largest absolute Gasteiger partial charge is 0.306 e. The smallest absolute Gasteiger partial charge is 0.256 e. The summed E-state index contributed by atoms with van der Waals surface area (Å²) in [6, 6.07) is 15.3. The molecule has 0 fully saturated rings. The maximum atomic E-state index is 13.4. The number of carbonyl (C=O) groups is 1. The third kappa shape index (κ3) is 3.67. The highest BCUT2D eigenvalue weighted by Crippen LogP contribution is 2.27. The van der Waals surface area contributed by atoms with E-state index in [2.05, 4.69) is 26.1 Å². The molecule has 4 nitrogen and oxygen atoms in total. The second-order valence-electron chi connectivity index (χ2n) is 7.33. The molecule has 1 heterocycles. The van der Waals surface area contributed by atoms with Gasteiger partial charge in [0.15, 0.2) is 0 Å². The number of amides is 1. The Morgan fingerprint density at radius 2 is 1.81 bits per heavy atom. The van der Waals surface area contributed by atoms with E-state index in [4.69, 9.17) is 5.10 Å². The summed E-state index contributed by atoms with van der Waals surface area (Å²) in [5.74, 6) is -0.265. The van der Waals surface area contributed by atoms with Gasteiger partial charge in [0.1, 0.15) is 11.6 Å². The van der Waals surface area contributed by atoms with Crippen molar-refractivity contribution in [2.45, 2.75) is 33.1 Å². The zero-order chi connectivity index (χ0) is 18.9. The number of nitrogens with zero attached hydrogens (tertiary/aromatic N) is 2. The van der Waals surface area contributed by atoms with Crippen molar-refractivity contribution in [2.24, 2.45) is 0 Å². The number of rotatable bonds is 3. The Morgan fingerprint density at radius 1 is 1.08 bits per heavy atom. The van der Waals surface area contributed by atoms with Crippen LogP contribution in [0.5, 0.6) is 0 Å². The van der Waals surface area contributed by atoms with Crippen molar-refractivity contribution in [3.63, 3.8) is 0 Å². The molecule has 0 saturated heterocycles. The summed E-state index contributed by atoms with van der Waals surface area (Å²) in [6.07, 6.45) is 0. The van der Waals surface area contributed by atoms with Crippen LogP contribution >= 0.6 is 0 Å². The lowest BCUT2D eigenvalue weighted by Crippen LogP contribution is -2.15. The highest BCUT2D eigenvalue weighted by atomic mass is 19.1. The number of hydrogen-bond acceptors (Lipinski definition) is 2. The molecule has 0 spiro atoms. The standard InChI is InChI=1S/C21H22FN3O/c1-14-8-5-6-11-17(14)25-19(13-18(24-25)21(2,3)4)23-20(26)15-9-7-10-16(22)12-15/h5-13H,1-4H3,(H,23,26). The SMILES string of the molecule is Cc1ccccc1-n1nc(C(C)(C)C)cc1NC(=O)c1cccc(F)c1. The van der Waals surface area contributed by atoms with Crippen LogP contribution in [0.15, 0.2) is 54.6 Å². The molecule has 0 atom stereocenters. The predicted molar refractivity (Wildman–Crippen MR) is 101 cm³/mol. The molecule has 5 heteroatoms. The van der Waals surface area contributed by atoms with Crippen LogP contribution in [-0.2, 0) is 5.41 Å². The van der Waals surface area contributed by atoms with Gasteiger partial charge >= 0.3 is 0 Å². The first-order chi connectivity index (χ1) is 12.3. The fourth-order valence-electron chi connectivity index (χ4n) is 2.64. The van der Waals surface area contributed by atoms with E-state index in [9.17, 15) is 9.18 Å². The van der Waals surface area contributed by atoms with Crippen molar-refractivity contribution in [3.05, 3.63) is 77.2 Å². The van der Waals surface area contributed by atoms with Crippen molar-refractivity contribution in [1.82, 2.24) is 9.78 Å². The fourth-order valence-corrected chi connectivity index (χ4v) is 2.64. The summed E-state index contributed by atoms with van der Waals surface area (Å²) in [5, 5.41) is 7.57. The lowest BCUT2D eigenvalue weighted by atomic mass is 9.92.